The van der Waals surface area contributed by atoms with E-state index in [2.05, 4.69) is 0 Å². The van der Waals surface area contributed by atoms with Gasteiger partial charge in [0.2, 0.25) is 10.0 Å². The number of aryl methyl sites for hydroxylation is 4. The Kier molecular flexibility index (Phi) is 7.55. The number of nitrogens with zero attached hydrogens (tertiary/aromatic N) is 1. The Bertz CT molecular complexity index is 1310. The molecule has 0 aliphatic carbocycles. The van der Waals surface area contributed by atoms with Crippen molar-refractivity contribution in [2.75, 3.05) is 0 Å². The molecule has 184 valence electrons. The molecule has 0 bridgehead atoms. The van der Waals surface area contributed by atoms with Crippen LogP contribution in [-0.2, 0) is 40.8 Å². The van der Waals surface area contributed by atoms with Gasteiger partial charge in [-0.05, 0) is 73.4 Å². The van der Waals surface area contributed by atoms with Crippen LogP contribution in [0.2, 0.25) is 0 Å². The van der Waals surface area contributed by atoms with E-state index in [4.69, 9.17) is 0 Å². The van der Waals surface area contributed by atoms with Crippen LogP contribution in [0.15, 0.2) is 65.6 Å². The van der Waals surface area contributed by atoms with E-state index in [1.54, 1.807) is 0 Å². The van der Waals surface area contributed by atoms with Gasteiger partial charge in [0.05, 0.1) is 17.5 Å². The molecule has 0 saturated heterocycles. The van der Waals surface area contributed by atoms with Gasteiger partial charge in [-0.25, -0.2) is 8.42 Å². The predicted octanol–water partition coefficient (Wildman–Crippen LogP) is 4.81. The molecule has 1 aliphatic rings. The number of hydrogen-bond donors (Lipinski definition) is 1. The number of fused-ring (bicyclic) bond motifs is 1. The Hall–Kier alpha value is -2.80. The molecule has 0 aromatic heterocycles. The first kappa shape index (κ1) is 25.3. The van der Waals surface area contributed by atoms with E-state index < -0.39 is 16.1 Å². The van der Waals surface area contributed by atoms with Crippen molar-refractivity contribution < 1.29 is 18.3 Å². The van der Waals surface area contributed by atoms with Crippen molar-refractivity contribution in [3.63, 3.8) is 0 Å². The molecule has 0 fully saturated rings. The molecular formula is C29H33NO4S. The molecule has 1 N–H and O–H groups in total. The highest BCUT2D eigenvalue weighted by molar-refractivity contribution is 7.89. The second-order valence-electron chi connectivity index (χ2n) is 9.56. The Morgan fingerprint density at radius 1 is 0.943 bits per heavy atom. The van der Waals surface area contributed by atoms with E-state index in [0.717, 1.165) is 34.2 Å². The summed E-state index contributed by atoms with van der Waals surface area (Å²) in [5.41, 5.74) is 6.37. The lowest BCUT2D eigenvalue weighted by atomic mass is 9.91. The number of carbonyl (C=O) groups excluding carboxylic acids is 1. The summed E-state index contributed by atoms with van der Waals surface area (Å²) in [7, 11) is -3.87. The van der Waals surface area contributed by atoms with Gasteiger partial charge in [0.15, 0.2) is 5.78 Å². The zero-order valence-electron chi connectivity index (χ0n) is 20.6. The number of sulfonamides is 1. The van der Waals surface area contributed by atoms with E-state index in [9.17, 15) is 18.3 Å². The minimum Gasteiger partial charge on any atom is -0.392 e. The third kappa shape index (κ3) is 5.40. The number of ketones is 1. The highest BCUT2D eigenvalue weighted by Crippen LogP contribution is 2.33. The number of aliphatic hydroxyl groups excluding tert-OH is 1. The minimum atomic E-state index is -3.87. The Labute approximate surface area is 208 Å². The van der Waals surface area contributed by atoms with Gasteiger partial charge in [-0.15, -0.1) is 0 Å². The maximum Gasteiger partial charge on any atom is 0.244 e. The quantitative estimate of drug-likeness (QED) is 0.491. The average Bonchev–Trinajstić information content (AvgIpc) is 2.82. The van der Waals surface area contributed by atoms with Crippen LogP contribution < -0.4 is 0 Å². The van der Waals surface area contributed by atoms with Crippen LogP contribution in [0, 0.1) is 20.8 Å². The van der Waals surface area contributed by atoms with Gasteiger partial charge in [-0.1, -0.05) is 66.2 Å². The minimum absolute atomic E-state index is 0.00611. The number of benzene rings is 3. The summed E-state index contributed by atoms with van der Waals surface area (Å²) < 4.78 is 29.4. The van der Waals surface area contributed by atoms with Crippen LogP contribution >= 0.6 is 0 Å². The highest BCUT2D eigenvalue weighted by atomic mass is 32.2. The summed E-state index contributed by atoms with van der Waals surface area (Å²) >= 11 is 0. The first-order valence-corrected chi connectivity index (χ1v) is 13.5. The molecule has 5 nitrogen and oxygen atoms in total. The number of hydrogen-bond acceptors (Lipinski definition) is 4. The van der Waals surface area contributed by atoms with E-state index >= 15 is 0 Å². The zero-order valence-corrected chi connectivity index (χ0v) is 21.4. The molecule has 0 spiro atoms. The molecule has 3 aromatic rings. The van der Waals surface area contributed by atoms with Crippen molar-refractivity contribution in [2.24, 2.45) is 0 Å². The lowest BCUT2D eigenvalue weighted by molar-refractivity contribution is -0.123. The van der Waals surface area contributed by atoms with Crippen molar-refractivity contribution in [1.29, 1.82) is 0 Å². The Morgan fingerprint density at radius 2 is 1.54 bits per heavy atom. The van der Waals surface area contributed by atoms with Crippen LogP contribution in [0.1, 0.15) is 51.8 Å². The largest absolute Gasteiger partial charge is 0.392 e. The molecule has 4 rings (SSSR count). The van der Waals surface area contributed by atoms with Gasteiger partial charge in [-0.2, -0.15) is 4.31 Å². The average molecular weight is 492 g/mol. The molecule has 3 aromatic carbocycles. The van der Waals surface area contributed by atoms with Crippen LogP contribution in [0.3, 0.4) is 0 Å². The molecule has 1 aliphatic heterocycles. The molecule has 1 heterocycles. The van der Waals surface area contributed by atoms with Crippen molar-refractivity contribution in [3.05, 3.63) is 99.6 Å². The number of aliphatic hydroxyl groups is 1. The first-order chi connectivity index (χ1) is 16.7. The molecule has 0 saturated carbocycles. The summed E-state index contributed by atoms with van der Waals surface area (Å²) in [4.78, 5) is 13.8. The second-order valence-corrected chi connectivity index (χ2v) is 11.4. The molecular weight excluding hydrogens is 458 g/mol. The summed E-state index contributed by atoms with van der Waals surface area (Å²) in [6.45, 7) is 5.81. The smallest absolute Gasteiger partial charge is 0.244 e. The van der Waals surface area contributed by atoms with E-state index in [1.807, 2.05) is 81.4 Å². The van der Waals surface area contributed by atoms with Crippen molar-refractivity contribution in [1.82, 2.24) is 4.31 Å². The van der Waals surface area contributed by atoms with Crippen LogP contribution in [-0.4, -0.2) is 29.7 Å². The topological polar surface area (TPSA) is 74.7 Å². The fourth-order valence-corrected chi connectivity index (χ4v) is 7.16. The molecule has 0 radical (unpaired) electrons. The number of carbonyl (C=O) groups is 1. The summed E-state index contributed by atoms with van der Waals surface area (Å²) in [5, 5.41) is 9.21. The van der Waals surface area contributed by atoms with E-state index in [0.29, 0.717) is 35.3 Å². The third-order valence-electron chi connectivity index (χ3n) is 6.84. The third-order valence-corrected chi connectivity index (χ3v) is 9.00. The first-order valence-electron chi connectivity index (χ1n) is 12.1. The molecule has 1 atom stereocenters. The van der Waals surface area contributed by atoms with Gasteiger partial charge >= 0.3 is 0 Å². The summed E-state index contributed by atoms with van der Waals surface area (Å²) in [5.74, 6) is -0.0440. The maximum atomic E-state index is 14.0. The van der Waals surface area contributed by atoms with Gasteiger partial charge in [0.25, 0.3) is 0 Å². The summed E-state index contributed by atoms with van der Waals surface area (Å²) in [6, 6.07) is 18.5. The maximum absolute atomic E-state index is 14.0. The Morgan fingerprint density at radius 3 is 2.17 bits per heavy atom. The van der Waals surface area contributed by atoms with Crippen molar-refractivity contribution >= 4 is 15.8 Å². The van der Waals surface area contributed by atoms with Crippen LogP contribution in [0.5, 0.6) is 0 Å². The van der Waals surface area contributed by atoms with Crippen LogP contribution in [0.25, 0.3) is 0 Å². The molecule has 0 amide bonds. The van der Waals surface area contributed by atoms with Gasteiger partial charge in [0.1, 0.15) is 0 Å². The van der Waals surface area contributed by atoms with E-state index in [-0.39, 0.29) is 18.9 Å². The molecule has 1 unspecified atom stereocenters. The van der Waals surface area contributed by atoms with Crippen molar-refractivity contribution in [2.45, 2.75) is 70.5 Å². The second kappa shape index (κ2) is 10.4. The fraction of sp³-hybridized carbons (Fsp3) is 0.345. The SMILES string of the molecule is Cc1cc(C)c(S(=O)(=O)N2Cc3ccccc3CC2C(=O)CCCc2ccc(CO)cc2)c(C)c1. The number of rotatable bonds is 8. The van der Waals surface area contributed by atoms with Gasteiger partial charge < -0.3 is 5.11 Å². The predicted molar refractivity (Wildman–Crippen MR) is 138 cm³/mol. The standard InChI is InChI=1S/C29H33NO4S/c1-20-15-21(2)29(22(3)16-20)35(33,34)30-18-26-9-5-4-8-25(26)17-27(30)28(32)10-6-7-23-11-13-24(19-31)14-12-23/h4-5,8-9,11-16,27,31H,6-7,10,17-19H2,1-3H3. The molecule has 35 heavy (non-hydrogen) atoms. The van der Waals surface area contributed by atoms with Crippen molar-refractivity contribution in [3.8, 4) is 0 Å². The lowest BCUT2D eigenvalue weighted by Crippen LogP contribution is -2.48. The number of Topliss-reactive ketones (excluding diaryl/α,β-unsaturated/α-hetero) is 1. The lowest BCUT2D eigenvalue weighted by Gasteiger charge is -2.36. The molecule has 6 heteroatoms. The fourth-order valence-electron chi connectivity index (χ4n) is 5.16. The monoisotopic (exact) mass is 491 g/mol. The normalized spacial score (nSPS) is 16.2. The van der Waals surface area contributed by atoms with Gasteiger partial charge in [0, 0.05) is 13.0 Å². The Balaban J connectivity index is 1.60. The summed E-state index contributed by atoms with van der Waals surface area (Å²) in [6.07, 6.45) is 2.07. The van der Waals surface area contributed by atoms with Crippen LogP contribution in [0.4, 0.5) is 0 Å². The van der Waals surface area contributed by atoms with Gasteiger partial charge in [-0.3, -0.25) is 4.79 Å². The van der Waals surface area contributed by atoms with E-state index in [1.165, 1.54) is 4.31 Å². The highest BCUT2D eigenvalue weighted by Gasteiger charge is 2.40. The zero-order chi connectivity index (χ0) is 25.2.